The van der Waals surface area contributed by atoms with E-state index in [2.05, 4.69) is 41.7 Å². The molecular weight excluding hydrogens is 322 g/mol. The van der Waals surface area contributed by atoms with Crippen molar-refractivity contribution < 1.29 is 17.1 Å². The van der Waals surface area contributed by atoms with Crippen molar-refractivity contribution in [1.82, 2.24) is 5.32 Å². The molecule has 0 amide bonds. The van der Waals surface area contributed by atoms with Crippen molar-refractivity contribution in [3.8, 4) is 0 Å². The first-order valence-corrected chi connectivity index (χ1v) is 7.22. The van der Waals surface area contributed by atoms with Crippen molar-refractivity contribution in [2.24, 2.45) is 0 Å². The summed E-state index contributed by atoms with van der Waals surface area (Å²) in [4.78, 5) is 0. The van der Waals surface area contributed by atoms with Gasteiger partial charge in [-0.1, -0.05) is 84.6 Å². The van der Waals surface area contributed by atoms with Crippen LogP contribution in [0.25, 0.3) is 0 Å². The summed E-state index contributed by atoms with van der Waals surface area (Å²) < 4.78 is 0.850. The third-order valence-electron chi connectivity index (χ3n) is 2.49. The van der Waals surface area contributed by atoms with Crippen molar-refractivity contribution in [3.63, 3.8) is 0 Å². The minimum Gasteiger partial charge on any atom is -0.367 e. The van der Waals surface area contributed by atoms with Crippen LogP contribution in [0.5, 0.6) is 0 Å². The number of thioether (sulfide) groups is 1. The SMILES string of the molecule is S=C(NCc1ccccc1)SCc1ccccc1.[Cu]. The van der Waals surface area contributed by atoms with Crippen LogP contribution in [0, 0.1) is 0 Å². The molecule has 19 heavy (non-hydrogen) atoms. The van der Waals surface area contributed by atoms with E-state index in [-0.39, 0.29) is 17.1 Å². The first-order valence-electron chi connectivity index (χ1n) is 5.83. The zero-order chi connectivity index (χ0) is 12.6. The molecule has 0 fully saturated rings. The van der Waals surface area contributed by atoms with Gasteiger partial charge in [0.2, 0.25) is 0 Å². The second-order valence-electron chi connectivity index (χ2n) is 3.90. The molecular formula is C15H15CuNS2. The Morgan fingerprint density at radius 3 is 2.00 bits per heavy atom. The summed E-state index contributed by atoms with van der Waals surface area (Å²) in [5.74, 6) is 0.918. The molecule has 0 saturated heterocycles. The molecule has 1 nitrogen and oxygen atoms in total. The average Bonchev–Trinajstić information content (AvgIpc) is 2.45. The first-order chi connectivity index (χ1) is 8.84. The predicted molar refractivity (Wildman–Crippen MR) is 83.6 cm³/mol. The number of thiocarbonyl (C=S) groups is 1. The Kier molecular flexibility index (Phi) is 7.84. The van der Waals surface area contributed by atoms with Gasteiger partial charge >= 0.3 is 0 Å². The van der Waals surface area contributed by atoms with Crippen LogP contribution >= 0.6 is 24.0 Å². The van der Waals surface area contributed by atoms with E-state index >= 15 is 0 Å². The van der Waals surface area contributed by atoms with E-state index in [1.807, 2.05) is 24.3 Å². The molecule has 0 aromatic heterocycles. The maximum absolute atomic E-state index is 5.30. The monoisotopic (exact) mass is 336 g/mol. The minimum atomic E-state index is 0. The molecule has 0 unspecified atom stereocenters. The Morgan fingerprint density at radius 1 is 0.895 bits per heavy atom. The Morgan fingerprint density at radius 2 is 1.42 bits per heavy atom. The average molecular weight is 337 g/mol. The third kappa shape index (κ3) is 6.26. The van der Waals surface area contributed by atoms with Crippen molar-refractivity contribution >= 4 is 28.3 Å². The van der Waals surface area contributed by atoms with Crippen LogP contribution in [0.2, 0.25) is 0 Å². The van der Waals surface area contributed by atoms with E-state index in [0.717, 1.165) is 16.6 Å². The molecule has 1 N–H and O–H groups in total. The fourth-order valence-electron chi connectivity index (χ4n) is 1.54. The van der Waals surface area contributed by atoms with E-state index in [9.17, 15) is 0 Å². The van der Waals surface area contributed by atoms with E-state index in [4.69, 9.17) is 12.2 Å². The fraction of sp³-hybridized carbons (Fsp3) is 0.133. The van der Waals surface area contributed by atoms with E-state index < -0.39 is 0 Å². The molecule has 103 valence electrons. The summed E-state index contributed by atoms with van der Waals surface area (Å²) in [5.41, 5.74) is 2.55. The topological polar surface area (TPSA) is 12.0 Å². The molecule has 0 heterocycles. The largest absolute Gasteiger partial charge is 0.367 e. The molecule has 0 atom stereocenters. The number of nitrogens with one attached hydrogen (secondary N) is 1. The van der Waals surface area contributed by atoms with Crippen LogP contribution in [-0.4, -0.2) is 4.32 Å². The summed E-state index contributed by atoms with van der Waals surface area (Å²) in [6, 6.07) is 20.7. The summed E-state index contributed by atoms with van der Waals surface area (Å²) in [5, 5.41) is 3.26. The number of hydrogen-bond acceptors (Lipinski definition) is 2. The zero-order valence-electron chi connectivity index (χ0n) is 10.3. The standard InChI is InChI=1S/C15H15NS2.Cu/c17-15(16-11-13-7-3-1-4-8-13)18-12-14-9-5-2-6-10-14;/h1-10H,11-12H2,(H,16,17);. The molecule has 2 aromatic carbocycles. The number of hydrogen-bond donors (Lipinski definition) is 1. The molecule has 0 spiro atoms. The van der Waals surface area contributed by atoms with Gasteiger partial charge in [0.1, 0.15) is 4.32 Å². The van der Waals surface area contributed by atoms with Gasteiger partial charge in [0.05, 0.1) is 0 Å². The molecule has 0 aliphatic carbocycles. The Hall–Kier alpha value is -0.801. The molecule has 0 saturated carbocycles. The molecule has 2 rings (SSSR count). The Bertz CT molecular complexity index is 443. The maximum Gasteiger partial charge on any atom is 0.134 e. The normalized spacial score (nSPS) is 9.47. The summed E-state index contributed by atoms with van der Waals surface area (Å²) in [7, 11) is 0. The van der Waals surface area contributed by atoms with Gasteiger partial charge in [-0.2, -0.15) is 0 Å². The van der Waals surface area contributed by atoms with Crippen molar-refractivity contribution in [2.75, 3.05) is 0 Å². The van der Waals surface area contributed by atoms with Crippen LogP contribution in [0.4, 0.5) is 0 Å². The van der Waals surface area contributed by atoms with Crippen LogP contribution in [0.3, 0.4) is 0 Å². The summed E-state index contributed by atoms with van der Waals surface area (Å²) in [6.45, 7) is 0.793. The van der Waals surface area contributed by atoms with Gasteiger partial charge in [-0.05, 0) is 11.1 Å². The quantitative estimate of drug-likeness (QED) is 0.669. The second kappa shape index (κ2) is 9.16. The summed E-state index contributed by atoms with van der Waals surface area (Å²) in [6.07, 6.45) is 0. The summed E-state index contributed by atoms with van der Waals surface area (Å²) >= 11 is 6.97. The second-order valence-corrected chi connectivity index (χ2v) is 5.55. The van der Waals surface area contributed by atoms with E-state index in [1.165, 1.54) is 11.1 Å². The van der Waals surface area contributed by atoms with Gasteiger partial charge in [0.25, 0.3) is 0 Å². The van der Waals surface area contributed by atoms with Crippen LogP contribution in [0.15, 0.2) is 60.7 Å². The van der Waals surface area contributed by atoms with Gasteiger partial charge in [0, 0.05) is 29.4 Å². The zero-order valence-corrected chi connectivity index (χ0v) is 12.9. The fourth-order valence-corrected chi connectivity index (χ4v) is 2.46. The Balaban J connectivity index is 0.00000180. The number of benzene rings is 2. The molecule has 0 aliphatic heterocycles. The smallest absolute Gasteiger partial charge is 0.134 e. The van der Waals surface area contributed by atoms with E-state index in [0.29, 0.717) is 0 Å². The first kappa shape index (κ1) is 16.3. The Labute approximate surface area is 134 Å². The maximum atomic E-state index is 5.30. The molecule has 2 aromatic rings. The minimum absolute atomic E-state index is 0. The number of rotatable bonds is 4. The van der Waals surface area contributed by atoms with Crippen LogP contribution < -0.4 is 5.32 Å². The third-order valence-corrected chi connectivity index (χ3v) is 3.87. The molecule has 4 heteroatoms. The molecule has 0 aliphatic rings. The van der Waals surface area contributed by atoms with Gasteiger partial charge in [-0.15, -0.1) is 0 Å². The van der Waals surface area contributed by atoms with Gasteiger partial charge in [-0.25, -0.2) is 0 Å². The van der Waals surface area contributed by atoms with E-state index in [1.54, 1.807) is 11.8 Å². The van der Waals surface area contributed by atoms with Crippen molar-refractivity contribution in [3.05, 3.63) is 71.8 Å². The van der Waals surface area contributed by atoms with Crippen LogP contribution in [-0.2, 0) is 29.4 Å². The van der Waals surface area contributed by atoms with Crippen molar-refractivity contribution in [2.45, 2.75) is 12.3 Å². The van der Waals surface area contributed by atoms with Gasteiger partial charge in [-0.3, -0.25) is 0 Å². The van der Waals surface area contributed by atoms with Crippen molar-refractivity contribution in [1.29, 1.82) is 0 Å². The van der Waals surface area contributed by atoms with Gasteiger partial charge < -0.3 is 5.32 Å². The predicted octanol–water partition coefficient (Wildman–Crippen LogP) is 3.99. The molecule has 0 bridgehead atoms. The van der Waals surface area contributed by atoms with Crippen LogP contribution in [0.1, 0.15) is 11.1 Å². The molecule has 1 radical (unpaired) electrons. The van der Waals surface area contributed by atoms with Gasteiger partial charge in [0.15, 0.2) is 0 Å².